The van der Waals surface area contributed by atoms with Crippen LogP contribution in [0.25, 0.3) is 0 Å². The lowest BCUT2D eigenvalue weighted by Gasteiger charge is -2.43. The minimum absolute atomic E-state index is 0.00578. The van der Waals surface area contributed by atoms with Crippen molar-refractivity contribution in [2.45, 2.75) is 88.1 Å². The van der Waals surface area contributed by atoms with Gasteiger partial charge in [-0.15, -0.1) is 0 Å². The van der Waals surface area contributed by atoms with E-state index in [4.69, 9.17) is 18.9 Å². The van der Waals surface area contributed by atoms with Gasteiger partial charge in [0, 0.05) is 26.3 Å². The molecule has 4 aliphatic heterocycles. The fourth-order valence-electron chi connectivity index (χ4n) is 7.16. The molecule has 9 nitrogen and oxygen atoms in total. The minimum Gasteiger partial charge on any atom is -0.469 e. The molecule has 4 aliphatic rings. The molecule has 0 aromatic rings. The van der Waals surface area contributed by atoms with Crippen LogP contribution >= 0.6 is 0 Å². The molecule has 4 saturated heterocycles. The van der Waals surface area contributed by atoms with Gasteiger partial charge in [-0.3, -0.25) is 14.5 Å². The Balaban J connectivity index is 1.67. The van der Waals surface area contributed by atoms with Crippen LogP contribution in [0.3, 0.4) is 0 Å². The summed E-state index contributed by atoms with van der Waals surface area (Å²) < 4.78 is 22.0. The van der Waals surface area contributed by atoms with Crippen molar-refractivity contribution in [2.75, 3.05) is 34.5 Å². The third kappa shape index (κ3) is 3.62. The SMILES string of the molecule is COC[C@]12CC[C@H](C[C@@H]1C(=O)N1[C@@H]3CC[C@@]1(COC)[C@@H](C(=O)OC)C3)N2C(=O)OC(C)(C)C. The van der Waals surface area contributed by atoms with E-state index in [9.17, 15) is 14.4 Å². The molecule has 0 radical (unpaired) electrons. The molecule has 0 saturated carbocycles. The summed E-state index contributed by atoms with van der Waals surface area (Å²) >= 11 is 0. The first-order chi connectivity index (χ1) is 15.5. The molecular formula is C24H38N2O7. The normalized spacial score (nSPS) is 37.0. The number of amides is 2. The molecule has 0 spiro atoms. The smallest absolute Gasteiger partial charge is 0.411 e. The summed E-state index contributed by atoms with van der Waals surface area (Å²) in [7, 11) is 4.60. The molecule has 4 bridgehead atoms. The second kappa shape index (κ2) is 8.41. The van der Waals surface area contributed by atoms with Crippen molar-refractivity contribution in [1.29, 1.82) is 0 Å². The monoisotopic (exact) mass is 466 g/mol. The first-order valence-corrected chi connectivity index (χ1v) is 12.0. The predicted molar refractivity (Wildman–Crippen MR) is 118 cm³/mol. The van der Waals surface area contributed by atoms with Gasteiger partial charge in [-0.1, -0.05) is 0 Å². The average Bonchev–Trinajstić information content (AvgIpc) is 3.45. The third-order valence-electron chi connectivity index (χ3n) is 8.22. The van der Waals surface area contributed by atoms with Crippen LogP contribution in [-0.2, 0) is 28.5 Å². The van der Waals surface area contributed by atoms with Gasteiger partial charge in [-0.2, -0.15) is 0 Å². The molecule has 2 amide bonds. The van der Waals surface area contributed by atoms with Gasteiger partial charge in [0.1, 0.15) is 5.60 Å². The van der Waals surface area contributed by atoms with Gasteiger partial charge in [0.15, 0.2) is 0 Å². The molecule has 0 N–H and O–H groups in total. The highest BCUT2D eigenvalue weighted by atomic mass is 16.6. The van der Waals surface area contributed by atoms with Crippen molar-refractivity contribution < 1.29 is 33.3 Å². The number of rotatable bonds is 6. The average molecular weight is 467 g/mol. The zero-order valence-electron chi connectivity index (χ0n) is 20.7. The van der Waals surface area contributed by atoms with Crippen molar-refractivity contribution in [1.82, 2.24) is 9.80 Å². The van der Waals surface area contributed by atoms with E-state index in [1.165, 1.54) is 7.11 Å². The number of carbonyl (C=O) groups is 3. The number of ether oxygens (including phenoxy) is 4. The molecule has 0 unspecified atom stereocenters. The number of nitrogens with zero attached hydrogens (tertiary/aromatic N) is 2. The molecule has 0 aromatic carbocycles. The Kier molecular flexibility index (Phi) is 6.18. The Morgan fingerprint density at radius 3 is 1.88 bits per heavy atom. The summed E-state index contributed by atoms with van der Waals surface area (Å²) in [5, 5.41) is 0. The maximum atomic E-state index is 14.3. The maximum Gasteiger partial charge on any atom is 0.411 e. The van der Waals surface area contributed by atoms with E-state index in [-0.39, 0.29) is 43.3 Å². The lowest BCUT2D eigenvalue weighted by atomic mass is 9.75. The van der Waals surface area contributed by atoms with E-state index >= 15 is 0 Å². The van der Waals surface area contributed by atoms with E-state index in [0.717, 1.165) is 12.8 Å². The highest BCUT2D eigenvalue weighted by molar-refractivity contribution is 5.87. The van der Waals surface area contributed by atoms with E-state index in [2.05, 4.69) is 0 Å². The second-order valence-corrected chi connectivity index (χ2v) is 11.1. The number of methoxy groups -OCH3 is 3. The quantitative estimate of drug-likeness (QED) is 0.555. The topological polar surface area (TPSA) is 94.6 Å². The van der Waals surface area contributed by atoms with Crippen LogP contribution in [0, 0.1) is 11.8 Å². The van der Waals surface area contributed by atoms with Gasteiger partial charge in [-0.05, 0) is 59.3 Å². The first-order valence-electron chi connectivity index (χ1n) is 12.0. The first kappa shape index (κ1) is 24.3. The Hall–Kier alpha value is -1.87. The van der Waals surface area contributed by atoms with Gasteiger partial charge in [-0.25, -0.2) is 4.79 Å². The van der Waals surface area contributed by atoms with Gasteiger partial charge in [0.05, 0.1) is 43.2 Å². The van der Waals surface area contributed by atoms with E-state index in [0.29, 0.717) is 25.7 Å². The standard InChI is InChI=1S/C24H38N2O7/c1-22(2,3)33-21(29)26-16-8-9-23(26,13-30-4)17(11-16)19(27)25-15-7-10-24(25,14-31-5)18(12-15)20(28)32-6/h15-18H,7-14H2,1-6H3/t15-,16-,17-,18-,23-,24-/m1/s1. The van der Waals surface area contributed by atoms with Crippen LogP contribution in [0.1, 0.15) is 59.3 Å². The van der Waals surface area contributed by atoms with Crippen LogP contribution in [-0.4, -0.2) is 91.1 Å². The predicted octanol–water partition coefficient (Wildman–Crippen LogP) is 2.36. The van der Waals surface area contributed by atoms with Crippen LogP contribution < -0.4 is 0 Å². The minimum atomic E-state index is -0.740. The Morgan fingerprint density at radius 2 is 1.36 bits per heavy atom. The maximum absolute atomic E-state index is 14.3. The van der Waals surface area contributed by atoms with Gasteiger partial charge in [0.2, 0.25) is 5.91 Å². The highest BCUT2D eigenvalue weighted by Crippen LogP contribution is 2.56. The number of hydrogen-bond donors (Lipinski definition) is 0. The molecular weight excluding hydrogens is 428 g/mol. The van der Waals surface area contributed by atoms with Crippen molar-refractivity contribution in [3.05, 3.63) is 0 Å². The van der Waals surface area contributed by atoms with Crippen molar-refractivity contribution in [2.24, 2.45) is 11.8 Å². The molecule has 4 fully saturated rings. The van der Waals surface area contributed by atoms with Crippen LogP contribution in [0.15, 0.2) is 0 Å². The summed E-state index contributed by atoms with van der Waals surface area (Å²) in [5.41, 5.74) is -2.07. The largest absolute Gasteiger partial charge is 0.469 e. The number of carbonyl (C=O) groups excluding carboxylic acids is 3. The number of hydrogen-bond acceptors (Lipinski definition) is 7. The molecule has 4 heterocycles. The number of esters is 1. The van der Waals surface area contributed by atoms with Crippen LogP contribution in [0.5, 0.6) is 0 Å². The zero-order chi connectivity index (χ0) is 24.2. The molecule has 0 aromatic heterocycles. The summed E-state index contributed by atoms with van der Waals surface area (Å²) in [6.07, 6.45) is 3.84. The molecule has 6 atom stereocenters. The fourth-order valence-corrected chi connectivity index (χ4v) is 7.16. The Bertz CT molecular complexity index is 811. The van der Waals surface area contributed by atoms with Crippen LogP contribution in [0.4, 0.5) is 4.79 Å². The van der Waals surface area contributed by atoms with Crippen molar-refractivity contribution in [3.63, 3.8) is 0 Å². The third-order valence-corrected chi connectivity index (χ3v) is 8.22. The highest BCUT2D eigenvalue weighted by Gasteiger charge is 2.68. The molecule has 4 rings (SSSR count). The molecule has 186 valence electrons. The van der Waals surface area contributed by atoms with Gasteiger partial charge >= 0.3 is 12.1 Å². The summed E-state index contributed by atoms with van der Waals surface area (Å²) in [6, 6.07) is -0.0792. The zero-order valence-corrected chi connectivity index (χ0v) is 20.7. The van der Waals surface area contributed by atoms with Crippen molar-refractivity contribution >= 4 is 18.0 Å². The summed E-state index contributed by atoms with van der Waals surface area (Å²) in [5.74, 6) is -1.10. The van der Waals surface area contributed by atoms with Gasteiger partial charge in [0.25, 0.3) is 0 Å². The Morgan fingerprint density at radius 1 is 0.848 bits per heavy atom. The molecule has 0 aliphatic carbocycles. The van der Waals surface area contributed by atoms with Crippen molar-refractivity contribution in [3.8, 4) is 0 Å². The fraction of sp³-hybridized carbons (Fsp3) is 0.875. The molecule has 9 heteroatoms. The lowest BCUT2D eigenvalue weighted by Crippen LogP contribution is -2.60. The summed E-state index contributed by atoms with van der Waals surface area (Å²) in [6.45, 7) is 6.10. The van der Waals surface area contributed by atoms with Gasteiger partial charge < -0.3 is 23.8 Å². The Labute approximate surface area is 196 Å². The van der Waals surface area contributed by atoms with E-state index in [1.54, 1.807) is 19.1 Å². The number of fused-ring (bicyclic) bond motifs is 4. The van der Waals surface area contributed by atoms with E-state index < -0.39 is 28.5 Å². The lowest BCUT2D eigenvalue weighted by molar-refractivity contribution is -0.154. The van der Waals surface area contributed by atoms with E-state index in [1.807, 2.05) is 25.7 Å². The summed E-state index contributed by atoms with van der Waals surface area (Å²) in [4.78, 5) is 43.8. The second-order valence-electron chi connectivity index (χ2n) is 11.1. The molecule has 33 heavy (non-hydrogen) atoms. The van der Waals surface area contributed by atoms with Crippen LogP contribution in [0.2, 0.25) is 0 Å².